The van der Waals surface area contributed by atoms with Crippen LogP contribution >= 0.6 is 11.6 Å². The van der Waals surface area contributed by atoms with E-state index in [1.54, 1.807) is 13.2 Å². The van der Waals surface area contributed by atoms with E-state index in [4.69, 9.17) is 11.6 Å². The topological polar surface area (TPSA) is 67.2 Å². The number of aromatic nitrogens is 2. The predicted molar refractivity (Wildman–Crippen MR) is 91.9 cm³/mol. The summed E-state index contributed by atoms with van der Waals surface area (Å²) in [5.74, 6) is 0.401. The molecule has 1 aromatic rings. The van der Waals surface area contributed by atoms with E-state index in [1.165, 1.54) is 4.68 Å². The summed E-state index contributed by atoms with van der Waals surface area (Å²) in [6.45, 7) is 7.96. The normalized spacial score (nSPS) is 18.8. The molecule has 1 N–H and O–H groups in total. The van der Waals surface area contributed by atoms with Gasteiger partial charge in [-0.15, -0.1) is 0 Å². The molecule has 2 rings (SSSR count). The molecule has 0 bridgehead atoms. The van der Waals surface area contributed by atoms with E-state index < -0.39 is 0 Å². The molecule has 1 aliphatic heterocycles. The summed E-state index contributed by atoms with van der Waals surface area (Å²) in [6, 6.07) is 0. The zero-order valence-corrected chi connectivity index (χ0v) is 15.0. The third-order valence-corrected chi connectivity index (χ3v) is 4.51. The molecule has 7 heteroatoms. The lowest BCUT2D eigenvalue weighted by atomic mass is 9.94. The number of anilines is 1. The van der Waals surface area contributed by atoms with Crippen LogP contribution in [0, 0.1) is 11.3 Å². The van der Waals surface area contributed by atoms with E-state index in [-0.39, 0.29) is 21.9 Å². The van der Waals surface area contributed by atoms with Gasteiger partial charge in [-0.1, -0.05) is 32.4 Å². The average molecular weight is 341 g/mol. The third-order valence-electron chi connectivity index (χ3n) is 4.15. The number of carbonyl (C=O) groups excluding carboxylic acids is 1. The number of nitrogens with zero attached hydrogens (tertiary/aromatic N) is 3. The molecule has 0 spiro atoms. The Morgan fingerprint density at radius 2 is 2.17 bits per heavy atom. The molecule has 1 aliphatic rings. The molecular weight excluding hydrogens is 316 g/mol. The van der Waals surface area contributed by atoms with Gasteiger partial charge in [-0.25, -0.2) is 4.68 Å². The highest BCUT2D eigenvalue weighted by Crippen LogP contribution is 2.26. The molecule has 0 radical (unpaired) electrons. The fraction of sp³-hybridized carbons (Fsp3) is 0.688. The van der Waals surface area contributed by atoms with Gasteiger partial charge < -0.3 is 10.2 Å². The van der Waals surface area contributed by atoms with Crippen molar-refractivity contribution >= 4 is 23.2 Å². The number of hydrogen-bond donors (Lipinski definition) is 1. The largest absolute Gasteiger partial charge is 0.369 e. The molecule has 1 fully saturated rings. The Bertz CT molecular complexity index is 636. The van der Waals surface area contributed by atoms with Crippen molar-refractivity contribution in [2.45, 2.75) is 33.6 Å². The van der Waals surface area contributed by atoms with Crippen LogP contribution in [0.25, 0.3) is 0 Å². The van der Waals surface area contributed by atoms with Gasteiger partial charge in [0.2, 0.25) is 5.91 Å². The van der Waals surface area contributed by atoms with Gasteiger partial charge in [0.1, 0.15) is 5.02 Å². The van der Waals surface area contributed by atoms with Crippen molar-refractivity contribution in [1.29, 1.82) is 0 Å². The second kappa shape index (κ2) is 6.91. The molecule has 1 aromatic heterocycles. The molecule has 1 amide bonds. The number of amides is 1. The van der Waals surface area contributed by atoms with Crippen LogP contribution in [0.2, 0.25) is 5.02 Å². The number of piperidine rings is 1. The van der Waals surface area contributed by atoms with E-state index in [9.17, 15) is 9.59 Å². The number of hydrogen-bond acceptors (Lipinski definition) is 4. The van der Waals surface area contributed by atoms with Crippen molar-refractivity contribution in [2.24, 2.45) is 18.4 Å². The second-order valence-corrected chi connectivity index (χ2v) is 7.56. The molecule has 0 aromatic carbocycles. The molecule has 23 heavy (non-hydrogen) atoms. The third kappa shape index (κ3) is 4.25. The minimum Gasteiger partial charge on any atom is -0.369 e. The van der Waals surface area contributed by atoms with Crippen LogP contribution in [0.15, 0.2) is 11.0 Å². The fourth-order valence-corrected chi connectivity index (χ4v) is 2.97. The number of carbonyl (C=O) groups is 1. The number of nitrogens with one attached hydrogen (secondary N) is 1. The summed E-state index contributed by atoms with van der Waals surface area (Å²) < 4.78 is 1.23. The molecule has 0 saturated carbocycles. The standard InChI is InChI=1S/C16H25ClN4O2/c1-16(2,3)15(23)18-8-11-6-5-7-21(10-11)12-9-19-20(4)14(22)13(12)17/h9,11H,5-8,10H2,1-4H3,(H,18,23). The first kappa shape index (κ1) is 17.8. The highest BCUT2D eigenvalue weighted by Gasteiger charge is 2.26. The minimum atomic E-state index is -0.382. The zero-order chi connectivity index (χ0) is 17.2. The van der Waals surface area contributed by atoms with Crippen LogP contribution in [0.3, 0.4) is 0 Å². The Hall–Kier alpha value is -1.56. The molecular formula is C16H25ClN4O2. The lowest BCUT2D eigenvalue weighted by Crippen LogP contribution is -2.44. The van der Waals surface area contributed by atoms with Gasteiger partial charge in [0.15, 0.2) is 0 Å². The van der Waals surface area contributed by atoms with E-state index in [0.29, 0.717) is 18.2 Å². The molecule has 2 heterocycles. The highest BCUT2D eigenvalue weighted by atomic mass is 35.5. The van der Waals surface area contributed by atoms with Crippen molar-refractivity contribution in [3.8, 4) is 0 Å². The molecule has 0 aliphatic carbocycles. The zero-order valence-electron chi connectivity index (χ0n) is 14.2. The average Bonchev–Trinajstić information content (AvgIpc) is 2.49. The van der Waals surface area contributed by atoms with Gasteiger partial charge in [0.25, 0.3) is 5.56 Å². The predicted octanol–water partition coefficient (Wildman–Crippen LogP) is 1.81. The van der Waals surface area contributed by atoms with Gasteiger partial charge in [-0.05, 0) is 18.8 Å². The van der Waals surface area contributed by atoms with Crippen LogP contribution in [-0.4, -0.2) is 35.3 Å². The summed E-state index contributed by atoms with van der Waals surface area (Å²) >= 11 is 6.18. The van der Waals surface area contributed by atoms with E-state index in [1.807, 2.05) is 20.8 Å². The van der Waals surface area contributed by atoms with Gasteiger partial charge >= 0.3 is 0 Å². The Balaban J connectivity index is 2.03. The summed E-state index contributed by atoms with van der Waals surface area (Å²) in [5, 5.41) is 7.28. The van der Waals surface area contributed by atoms with Crippen LogP contribution in [0.5, 0.6) is 0 Å². The van der Waals surface area contributed by atoms with Gasteiger partial charge in [0.05, 0.1) is 11.9 Å². The molecule has 1 unspecified atom stereocenters. The van der Waals surface area contributed by atoms with Crippen molar-refractivity contribution < 1.29 is 4.79 Å². The van der Waals surface area contributed by atoms with Crippen molar-refractivity contribution in [3.05, 3.63) is 21.6 Å². The number of rotatable bonds is 3. The number of aryl methyl sites for hydroxylation is 1. The van der Waals surface area contributed by atoms with Gasteiger partial charge in [-0.3, -0.25) is 9.59 Å². The Morgan fingerprint density at radius 3 is 2.83 bits per heavy atom. The maximum absolute atomic E-state index is 12.0. The lowest BCUT2D eigenvalue weighted by Gasteiger charge is -2.35. The highest BCUT2D eigenvalue weighted by molar-refractivity contribution is 6.33. The van der Waals surface area contributed by atoms with Gasteiger partial charge in [-0.2, -0.15) is 5.10 Å². The first-order chi connectivity index (χ1) is 10.7. The molecule has 1 saturated heterocycles. The van der Waals surface area contributed by atoms with Crippen LogP contribution in [0.1, 0.15) is 33.6 Å². The van der Waals surface area contributed by atoms with Crippen molar-refractivity contribution in [1.82, 2.24) is 15.1 Å². The van der Waals surface area contributed by atoms with Crippen LogP contribution in [0.4, 0.5) is 5.69 Å². The fourth-order valence-electron chi connectivity index (χ4n) is 2.68. The molecule has 1 atom stereocenters. The smallest absolute Gasteiger partial charge is 0.287 e. The summed E-state index contributed by atoms with van der Waals surface area (Å²) in [6.07, 6.45) is 3.69. The van der Waals surface area contributed by atoms with E-state index >= 15 is 0 Å². The number of halogens is 1. The quantitative estimate of drug-likeness (QED) is 0.911. The molecule has 6 nitrogen and oxygen atoms in total. The van der Waals surface area contributed by atoms with Crippen LogP contribution < -0.4 is 15.8 Å². The van der Waals surface area contributed by atoms with E-state index in [0.717, 1.165) is 25.9 Å². The summed E-state index contributed by atoms with van der Waals surface area (Å²) in [5.41, 5.74) is 0.0154. The maximum atomic E-state index is 12.0. The Kier molecular flexibility index (Phi) is 5.34. The SMILES string of the molecule is Cn1ncc(N2CCCC(CNC(=O)C(C)(C)C)C2)c(Cl)c1=O. The summed E-state index contributed by atoms with van der Waals surface area (Å²) in [7, 11) is 1.58. The monoisotopic (exact) mass is 340 g/mol. The minimum absolute atomic E-state index is 0.0582. The molecule has 128 valence electrons. The van der Waals surface area contributed by atoms with Crippen LogP contribution in [-0.2, 0) is 11.8 Å². The van der Waals surface area contributed by atoms with Gasteiger partial charge in [0, 0.05) is 32.1 Å². The van der Waals surface area contributed by atoms with Crippen molar-refractivity contribution in [2.75, 3.05) is 24.5 Å². The lowest BCUT2D eigenvalue weighted by molar-refractivity contribution is -0.128. The first-order valence-electron chi connectivity index (χ1n) is 7.95. The Morgan fingerprint density at radius 1 is 1.48 bits per heavy atom. The Labute approximate surface area is 141 Å². The maximum Gasteiger partial charge on any atom is 0.287 e. The summed E-state index contributed by atoms with van der Waals surface area (Å²) in [4.78, 5) is 26.0. The van der Waals surface area contributed by atoms with E-state index in [2.05, 4.69) is 15.3 Å². The first-order valence-corrected chi connectivity index (χ1v) is 8.33. The van der Waals surface area contributed by atoms with Crippen molar-refractivity contribution in [3.63, 3.8) is 0 Å². The second-order valence-electron chi connectivity index (χ2n) is 7.19.